The summed E-state index contributed by atoms with van der Waals surface area (Å²) in [6.45, 7) is 0.509. The minimum absolute atomic E-state index is 0.0213. The first-order valence-corrected chi connectivity index (χ1v) is 8.49. The van der Waals surface area contributed by atoms with Crippen molar-refractivity contribution in [2.75, 3.05) is 6.54 Å². The standard InChI is InChI=1S/C18H17ClN6O2/c19-14-3-1-12(2-4-14)7-8-21-18(20)24-23-11-13-10-22-17-6-5-15(25(26)27)9-16(13)17/h1-6,9-11,22H,7-8H2,(H3,20,21,24)/b23-11+. The van der Waals surface area contributed by atoms with Crippen LogP contribution in [0.5, 0.6) is 0 Å². The molecule has 0 aliphatic heterocycles. The Kier molecular flexibility index (Phi) is 5.68. The van der Waals surface area contributed by atoms with Crippen LogP contribution >= 0.6 is 11.6 Å². The Morgan fingerprint density at radius 2 is 2.07 bits per heavy atom. The third-order valence-electron chi connectivity index (χ3n) is 3.89. The summed E-state index contributed by atoms with van der Waals surface area (Å²) in [5.41, 5.74) is 11.1. The van der Waals surface area contributed by atoms with Gasteiger partial charge in [-0.1, -0.05) is 23.7 Å². The summed E-state index contributed by atoms with van der Waals surface area (Å²) in [5, 5.41) is 16.3. The number of guanidine groups is 1. The van der Waals surface area contributed by atoms with Gasteiger partial charge in [0.15, 0.2) is 0 Å². The lowest BCUT2D eigenvalue weighted by molar-refractivity contribution is -0.384. The number of nitrogens with zero attached hydrogens (tertiary/aromatic N) is 3. The van der Waals surface area contributed by atoms with Crippen LogP contribution < -0.4 is 11.2 Å². The zero-order chi connectivity index (χ0) is 19.2. The molecule has 27 heavy (non-hydrogen) atoms. The Morgan fingerprint density at radius 1 is 1.30 bits per heavy atom. The fraction of sp³-hybridized carbons (Fsp3) is 0.111. The summed E-state index contributed by atoms with van der Waals surface area (Å²) in [6.07, 6.45) is 3.98. The lowest BCUT2D eigenvalue weighted by Gasteiger charge is -2.01. The van der Waals surface area contributed by atoms with Gasteiger partial charge in [-0.15, -0.1) is 0 Å². The molecule has 0 fully saturated rings. The number of hydrogen-bond acceptors (Lipinski definition) is 4. The lowest BCUT2D eigenvalue weighted by Crippen LogP contribution is -2.27. The minimum Gasteiger partial charge on any atom is -0.369 e. The first kappa shape index (κ1) is 18.4. The highest BCUT2D eigenvalue weighted by molar-refractivity contribution is 6.30. The van der Waals surface area contributed by atoms with Crippen LogP contribution in [0.3, 0.4) is 0 Å². The van der Waals surface area contributed by atoms with Gasteiger partial charge in [-0.05, 0) is 30.2 Å². The van der Waals surface area contributed by atoms with Crippen molar-refractivity contribution >= 4 is 40.4 Å². The minimum atomic E-state index is -0.434. The van der Waals surface area contributed by atoms with Crippen molar-refractivity contribution < 1.29 is 4.92 Å². The van der Waals surface area contributed by atoms with Gasteiger partial charge in [0.05, 0.1) is 11.1 Å². The molecule has 3 rings (SSSR count). The van der Waals surface area contributed by atoms with Gasteiger partial charge in [-0.3, -0.25) is 15.1 Å². The number of aliphatic imine (C=N–C) groups is 1. The fourth-order valence-electron chi connectivity index (χ4n) is 2.51. The highest BCUT2D eigenvalue weighted by Gasteiger charge is 2.09. The number of rotatable bonds is 6. The number of nitro benzene ring substituents is 1. The van der Waals surface area contributed by atoms with E-state index in [9.17, 15) is 10.1 Å². The van der Waals surface area contributed by atoms with Crippen LogP contribution in [0.2, 0.25) is 5.02 Å². The molecule has 0 aliphatic rings. The van der Waals surface area contributed by atoms with Gasteiger partial charge >= 0.3 is 0 Å². The Labute approximate surface area is 159 Å². The van der Waals surface area contributed by atoms with E-state index < -0.39 is 4.92 Å². The van der Waals surface area contributed by atoms with Crippen LogP contribution in [0, 0.1) is 10.1 Å². The summed E-state index contributed by atoms with van der Waals surface area (Å²) in [4.78, 5) is 17.7. The quantitative estimate of drug-likeness (QED) is 0.261. The molecule has 0 amide bonds. The number of hydrogen-bond donors (Lipinski definition) is 3. The number of non-ortho nitro benzene ring substituents is 1. The number of aromatic amines is 1. The van der Waals surface area contributed by atoms with Crippen LogP contribution in [0.25, 0.3) is 10.9 Å². The van der Waals surface area contributed by atoms with Gasteiger partial charge in [0.1, 0.15) is 0 Å². The van der Waals surface area contributed by atoms with Crippen molar-refractivity contribution in [3.05, 3.63) is 74.9 Å². The van der Waals surface area contributed by atoms with Crippen LogP contribution in [0.1, 0.15) is 11.1 Å². The van der Waals surface area contributed by atoms with Crippen molar-refractivity contribution in [2.45, 2.75) is 6.42 Å². The Balaban J connectivity index is 1.59. The van der Waals surface area contributed by atoms with Crippen LogP contribution in [0.4, 0.5) is 5.69 Å². The van der Waals surface area contributed by atoms with E-state index in [-0.39, 0.29) is 11.6 Å². The number of nitrogens with one attached hydrogen (secondary N) is 2. The van der Waals surface area contributed by atoms with Crippen molar-refractivity contribution in [3.63, 3.8) is 0 Å². The van der Waals surface area contributed by atoms with E-state index in [2.05, 4.69) is 20.5 Å². The fourth-order valence-corrected chi connectivity index (χ4v) is 2.64. The second-order valence-electron chi connectivity index (χ2n) is 5.74. The number of nitrogens with two attached hydrogens (primary N) is 1. The monoisotopic (exact) mass is 384 g/mol. The van der Waals surface area contributed by atoms with E-state index in [1.54, 1.807) is 12.3 Å². The van der Waals surface area contributed by atoms with E-state index in [0.717, 1.165) is 17.5 Å². The average molecular weight is 385 g/mol. The zero-order valence-electron chi connectivity index (χ0n) is 14.2. The number of benzene rings is 2. The summed E-state index contributed by atoms with van der Waals surface area (Å²) < 4.78 is 0. The number of H-pyrrole nitrogens is 1. The van der Waals surface area contributed by atoms with Gasteiger partial charge in [0, 0.05) is 46.4 Å². The SMILES string of the molecule is NC(=NCCc1ccc(Cl)cc1)N/N=C/c1c[nH]c2ccc([N+](=O)[O-])cc12. The molecule has 0 unspecified atom stereocenters. The van der Waals surface area contributed by atoms with E-state index >= 15 is 0 Å². The molecule has 3 aromatic rings. The van der Waals surface area contributed by atoms with Gasteiger partial charge in [-0.2, -0.15) is 5.10 Å². The van der Waals surface area contributed by atoms with E-state index in [4.69, 9.17) is 17.3 Å². The Bertz CT molecular complexity index is 1010. The molecular weight excluding hydrogens is 368 g/mol. The number of halogens is 1. The molecule has 1 aromatic heterocycles. The summed E-state index contributed by atoms with van der Waals surface area (Å²) in [7, 11) is 0. The average Bonchev–Trinajstić information content (AvgIpc) is 3.06. The lowest BCUT2D eigenvalue weighted by atomic mass is 10.1. The molecule has 8 nitrogen and oxygen atoms in total. The zero-order valence-corrected chi connectivity index (χ0v) is 15.0. The predicted molar refractivity (Wildman–Crippen MR) is 107 cm³/mol. The largest absolute Gasteiger partial charge is 0.369 e. The summed E-state index contributed by atoms with van der Waals surface area (Å²) >= 11 is 5.85. The molecule has 0 saturated heterocycles. The number of fused-ring (bicyclic) bond motifs is 1. The molecule has 0 spiro atoms. The van der Waals surface area contributed by atoms with Gasteiger partial charge in [0.2, 0.25) is 5.96 Å². The van der Waals surface area contributed by atoms with Gasteiger partial charge in [0.25, 0.3) is 5.69 Å². The first-order chi connectivity index (χ1) is 13.0. The van der Waals surface area contributed by atoms with Crippen LogP contribution in [-0.4, -0.2) is 28.6 Å². The summed E-state index contributed by atoms with van der Waals surface area (Å²) in [5.74, 6) is 0.186. The van der Waals surface area contributed by atoms with E-state index in [1.807, 2.05) is 24.3 Å². The molecule has 0 aliphatic carbocycles. The maximum absolute atomic E-state index is 10.9. The molecule has 0 radical (unpaired) electrons. The maximum Gasteiger partial charge on any atom is 0.270 e. The predicted octanol–water partition coefficient (Wildman–Crippen LogP) is 3.21. The molecule has 4 N–H and O–H groups in total. The Morgan fingerprint density at radius 3 is 2.81 bits per heavy atom. The molecule has 0 bridgehead atoms. The third-order valence-corrected chi connectivity index (χ3v) is 4.14. The van der Waals surface area contributed by atoms with Crippen molar-refractivity contribution in [1.29, 1.82) is 0 Å². The topological polar surface area (TPSA) is 122 Å². The van der Waals surface area contributed by atoms with Gasteiger partial charge in [-0.25, -0.2) is 5.43 Å². The van der Waals surface area contributed by atoms with Gasteiger partial charge < -0.3 is 10.7 Å². The molecule has 138 valence electrons. The van der Waals surface area contributed by atoms with E-state index in [0.29, 0.717) is 22.5 Å². The van der Waals surface area contributed by atoms with E-state index in [1.165, 1.54) is 18.3 Å². The van der Waals surface area contributed by atoms with Crippen LogP contribution in [-0.2, 0) is 6.42 Å². The molecule has 1 heterocycles. The van der Waals surface area contributed by atoms with Crippen molar-refractivity contribution in [1.82, 2.24) is 10.4 Å². The second kappa shape index (κ2) is 8.33. The normalized spacial score (nSPS) is 12.0. The third kappa shape index (κ3) is 4.83. The molecule has 2 aromatic carbocycles. The molecule has 9 heteroatoms. The highest BCUT2D eigenvalue weighted by Crippen LogP contribution is 2.22. The number of nitro groups is 1. The molecular formula is C18H17ClN6O2. The smallest absolute Gasteiger partial charge is 0.270 e. The first-order valence-electron chi connectivity index (χ1n) is 8.12. The molecule has 0 saturated carbocycles. The van der Waals surface area contributed by atoms with Crippen LogP contribution in [0.15, 0.2) is 58.8 Å². The summed E-state index contributed by atoms with van der Waals surface area (Å²) in [6, 6.07) is 12.1. The van der Waals surface area contributed by atoms with Crippen molar-refractivity contribution in [2.24, 2.45) is 15.8 Å². The van der Waals surface area contributed by atoms with Crippen molar-refractivity contribution in [3.8, 4) is 0 Å². The maximum atomic E-state index is 10.9. The highest BCUT2D eigenvalue weighted by atomic mass is 35.5. The second-order valence-corrected chi connectivity index (χ2v) is 6.18. The Hall–Kier alpha value is -3.39. The number of aromatic nitrogens is 1. The molecule has 0 atom stereocenters. The number of hydrazone groups is 1.